The van der Waals surface area contributed by atoms with Gasteiger partial charge in [0.05, 0.1) is 0 Å². The lowest BCUT2D eigenvalue weighted by atomic mass is 10.2. The Balaban J connectivity index is 1.61. The van der Waals surface area contributed by atoms with Crippen molar-refractivity contribution >= 4 is 22.8 Å². The van der Waals surface area contributed by atoms with Crippen LogP contribution in [0.4, 0.5) is 0 Å². The highest BCUT2D eigenvalue weighted by Gasteiger charge is 2.27. The van der Waals surface area contributed by atoms with Crippen LogP contribution in [-0.4, -0.2) is 42.4 Å². The SMILES string of the molecule is CCNC(=NCc1cc2ccccc2o1)NC1CCN(C(=O)C(C)C)C1. The highest BCUT2D eigenvalue weighted by molar-refractivity contribution is 5.81. The molecule has 1 amide bonds. The number of fused-ring (bicyclic) bond motifs is 1. The minimum atomic E-state index is 0.0451. The Bertz CT molecular complexity index is 748. The number of furan rings is 1. The zero-order chi connectivity index (χ0) is 18.5. The molecule has 0 saturated carbocycles. The van der Waals surface area contributed by atoms with E-state index in [-0.39, 0.29) is 17.9 Å². The van der Waals surface area contributed by atoms with Gasteiger partial charge < -0.3 is 20.0 Å². The lowest BCUT2D eigenvalue weighted by Gasteiger charge is -2.20. The Morgan fingerprint density at radius 3 is 2.92 bits per heavy atom. The van der Waals surface area contributed by atoms with Crippen molar-refractivity contribution in [2.45, 2.75) is 39.8 Å². The van der Waals surface area contributed by atoms with Crippen molar-refractivity contribution in [3.05, 3.63) is 36.1 Å². The van der Waals surface area contributed by atoms with Crippen molar-refractivity contribution in [3.8, 4) is 0 Å². The van der Waals surface area contributed by atoms with Gasteiger partial charge in [0, 0.05) is 37.0 Å². The molecule has 1 fully saturated rings. The molecule has 1 aromatic heterocycles. The molecular weight excluding hydrogens is 328 g/mol. The first-order chi connectivity index (χ1) is 12.6. The van der Waals surface area contributed by atoms with E-state index in [1.165, 1.54) is 0 Å². The van der Waals surface area contributed by atoms with Crippen LogP contribution in [0, 0.1) is 5.92 Å². The average Bonchev–Trinajstić information content (AvgIpc) is 3.25. The number of benzene rings is 1. The van der Waals surface area contributed by atoms with Crippen LogP contribution in [0.2, 0.25) is 0 Å². The molecule has 2 aromatic rings. The summed E-state index contributed by atoms with van der Waals surface area (Å²) in [5, 5.41) is 7.81. The van der Waals surface area contributed by atoms with Gasteiger partial charge in [-0.3, -0.25) is 4.79 Å². The first kappa shape index (κ1) is 18.3. The molecule has 0 radical (unpaired) electrons. The topological polar surface area (TPSA) is 69.9 Å². The van der Waals surface area contributed by atoms with Gasteiger partial charge in [-0.05, 0) is 25.5 Å². The zero-order valence-electron chi connectivity index (χ0n) is 15.8. The number of guanidine groups is 1. The molecule has 1 saturated heterocycles. The summed E-state index contributed by atoms with van der Waals surface area (Å²) in [4.78, 5) is 18.7. The normalized spacial score (nSPS) is 17.9. The summed E-state index contributed by atoms with van der Waals surface area (Å²) >= 11 is 0. The quantitative estimate of drug-likeness (QED) is 0.638. The molecule has 1 aliphatic rings. The molecule has 1 aromatic carbocycles. The summed E-state index contributed by atoms with van der Waals surface area (Å²) in [5.74, 6) is 1.87. The van der Waals surface area contributed by atoms with E-state index in [0.717, 1.165) is 48.7 Å². The minimum Gasteiger partial charge on any atom is -0.459 e. The second-order valence-electron chi connectivity index (χ2n) is 7.01. The van der Waals surface area contributed by atoms with Crippen molar-refractivity contribution in [3.63, 3.8) is 0 Å². The highest BCUT2D eigenvalue weighted by atomic mass is 16.3. The third kappa shape index (κ3) is 4.36. The lowest BCUT2D eigenvalue weighted by Crippen LogP contribution is -2.45. The second kappa shape index (κ2) is 8.25. The Morgan fingerprint density at radius 1 is 1.38 bits per heavy atom. The number of nitrogens with zero attached hydrogens (tertiary/aromatic N) is 2. The van der Waals surface area contributed by atoms with Gasteiger partial charge in [0.1, 0.15) is 17.9 Å². The number of carbonyl (C=O) groups excluding carboxylic acids is 1. The molecule has 0 spiro atoms. The number of rotatable bonds is 5. The largest absolute Gasteiger partial charge is 0.459 e. The number of hydrogen-bond donors (Lipinski definition) is 2. The minimum absolute atomic E-state index is 0.0451. The third-order valence-corrected chi connectivity index (χ3v) is 4.55. The Kier molecular flexibility index (Phi) is 5.81. The zero-order valence-corrected chi connectivity index (χ0v) is 15.8. The maximum atomic E-state index is 12.1. The number of nitrogens with one attached hydrogen (secondary N) is 2. The van der Waals surface area contributed by atoms with E-state index in [1.807, 2.05) is 56.0 Å². The molecule has 26 heavy (non-hydrogen) atoms. The Labute approximate surface area is 154 Å². The van der Waals surface area contributed by atoms with Crippen LogP contribution >= 0.6 is 0 Å². The van der Waals surface area contributed by atoms with Gasteiger partial charge in [-0.25, -0.2) is 4.99 Å². The Hall–Kier alpha value is -2.50. The fourth-order valence-corrected chi connectivity index (χ4v) is 3.23. The molecule has 2 heterocycles. The van der Waals surface area contributed by atoms with Crippen molar-refractivity contribution in [2.75, 3.05) is 19.6 Å². The van der Waals surface area contributed by atoms with Crippen molar-refractivity contribution in [1.82, 2.24) is 15.5 Å². The standard InChI is InChI=1S/C20H28N4O2/c1-4-21-20(23-16-9-10-24(13-16)19(25)14(2)3)22-12-17-11-15-7-5-6-8-18(15)26-17/h5-8,11,14,16H,4,9-10,12-13H2,1-3H3,(H2,21,22,23). The molecule has 0 aliphatic carbocycles. The molecule has 0 bridgehead atoms. The maximum Gasteiger partial charge on any atom is 0.225 e. The van der Waals surface area contributed by atoms with Gasteiger partial charge in [0.25, 0.3) is 0 Å². The van der Waals surface area contributed by atoms with Crippen molar-refractivity contribution in [1.29, 1.82) is 0 Å². The van der Waals surface area contributed by atoms with Gasteiger partial charge in [0.2, 0.25) is 5.91 Å². The van der Waals surface area contributed by atoms with Crippen LogP contribution in [-0.2, 0) is 11.3 Å². The first-order valence-corrected chi connectivity index (χ1v) is 9.38. The summed E-state index contributed by atoms with van der Waals surface area (Å²) < 4.78 is 5.83. The third-order valence-electron chi connectivity index (χ3n) is 4.55. The number of hydrogen-bond acceptors (Lipinski definition) is 3. The van der Waals surface area contributed by atoms with Gasteiger partial charge >= 0.3 is 0 Å². The number of likely N-dealkylation sites (tertiary alicyclic amines) is 1. The molecular formula is C20H28N4O2. The smallest absolute Gasteiger partial charge is 0.225 e. The Morgan fingerprint density at radius 2 is 2.19 bits per heavy atom. The van der Waals surface area contributed by atoms with E-state index in [2.05, 4.69) is 15.6 Å². The molecule has 6 heteroatoms. The molecule has 1 atom stereocenters. The van der Waals surface area contributed by atoms with Crippen LogP contribution in [0.5, 0.6) is 0 Å². The van der Waals surface area contributed by atoms with Gasteiger partial charge in [-0.2, -0.15) is 0 Å². The van der Waals surface area contributed by atoms with Gasteiger partial charge in [-0.15, -0.1) is 0 Å². The van der Waals surface area contributed by atoms with Crippen LogP contribution in [0.1, 0.15) is 33.0 Å². The van der Waals surface area contributed by atoms with Crippen molar-refractivity contribution in [2.24, 2.45) is 10.9 Å². The van der Waals surface area contributed by atoms with Gasteiger partial charge in [-0.1, -0.05) is 32.0 Å². The maximum absolute atomic E-state index is 12.1. The summed E-state index contributed by atoms with van der Waals surface area (Å²) in [6, 6.07) is 10.2. The molecule has 140 valence electrons. The highest BCUT2D eigenvalue weighted by Crippen LogP contribution is 2.19. The summed E-state index contributed by atoms with van der Waals surface area (Å²) in [6.07, 6.45) is 0.938. The van der Waals surface area contributed by atoms with Crippen LogP contribution in [0.25, 0.3) is 11.0 Å². The monoisotopic (exact) mass is 356 g/mol. The number of aliphatic imine (C=N–C) groups is 1. The predicted molar refractivity (Wildman–Crippen MR) is 104 cm³/mol. The molecule has 3 rings (SSSR count). The van der Waals surface area contributed by atoms with E-state index in [0.29, 0.717) is 6.54 Å². The average molecular weight is 356 g/mol. The molecule has 1 unspecified atom stereocenters. The van der Waals surface area contributed by atoms with E-state index >= 15 is 0 Å². The van der Waals surface area contributed by atoms with Gasteiger partial charge in [0.15, 0.2) is 5.96 Å². The van der Waals surface area contributed by atoms with Crippen molar-refractivity contribution < 1.29 is 9.21 Å². The predicted octanol–water partition coefficient (Wildman–Crippen LogP) is 2.74. The van der Waals surface area contributed by atoms with E-state index in [1.54, 1.807) is 0 Å². The molecule has 6 nitrogen and oxygen atoms in total. The molecule has 1 aliphatic heterocycles. The lowest BCUT2D eigenvalue weighted by molar-refractivity contribution is -0.133. The van der Waals surface area contributed by atoms with E-state index < -0.39 is 0 Å². The summed E-state index contributed by atoms with van der Waals surface area (Å²) in [5.41, 5.74) is 0.884. The van der Waals surface area contributed by atoms with E-state index in [9.17, 15) is 4.79 Å². The number of para-hydroxylation sites is 1. The van der Waals surface area contributed by atoms with Crippen LogP contribution in [0.3, 0.4) is 0 Å². The van der Waals surface area contributed by atoms with Crippen LogP contribution in [0.15, 0.2) is 39.7 Å². The fraction of sp³-hybridized carbons (Fsp3) is 0.500. The fourth-order valence-electron chi connectivity index (χ4n) is 3.23. The molecule has 2 N–H and O–H groups in total. The summed E-state index contributed by atoms with van der Waals surface area (Å²) in [6.45, 7) is 8.73. The first-order valence-electron chi connectivity index (χ1n) is 9.38. The second-order valence-corrected chi connectivity index (χ2v) is 7.01. The van der Waals surface area contributed by atoms with E-state index in [4.69, 9.17) is 4.42 Å². The van der Waals surface area contributed by atoms with Crippen LogP contribution < -0.4 is 10.6 Å². The number of carbonyl (C=O) groups is 1. The number of amides is 1. The summed E-state index contributed by atoms with van der Waals surface area (Å²) in [7, 11) is 0.